The lowest BCUT2D eigenvalue weighted by atomic mass is 9.86. The second kappa shape index (κ2) is 11.6. The molecule has 1 saturated heterocycles. The number of piperidine rings is 1. The van der Waals surface area contributed by atoms with Gasteiger partial charge in [-0.25, -0.2) is 13.1 Å². The molecule has 0 radical (unpaired) electrons. The third-order valence-electron chi connectivity index (χ3n) is 5.36. The Balaban J connectivity index is 0.00000280. The quantitative estimate of drug-likeness (QED) is 0.267. The molecule has 0 unspecified atom stereocenters. The number of hydrogen-bond acceptors (Lipinski definition) is 5. The van der Waals surface area contributed by atoms with Gasteiger partial charge in [-0.1, -0.05) is 6.42 Å². The monoisotopic (exact) mass is 541 g/mol. The molecular formula is C18H32IN5O2S2. The Labute approximate surface area is 189 Å². The first-order valence-corrected chi connectivity index (χ1v) is 12.3. The Bertz CT molecular complexity index is 700. The Morgan fingerprint density at radius 1 is 1.29 bits per heavy atom. The number of nitrogens with zero attached hydrogens (tertiary/aromatic N) is 2. The molecule has 7 nitrogen and oxygen atoms in total. The van der Waals surface area contributed by atoms with Crippen LogP contribution in [0.2, 0.25) is 0 Å². The van der Waals surface area contributed by atoms with Gasteiger partial charge in [-0.3, -0.25) is 4.99 Å². The van der Waals surface area contributed by atoms with Crippen LogP contribution in [0.1, 0.15) is 32.1 Å². The third-order valence-corrected chi connectivity index (χ3v) is 7.63. The number of halogens is 1. The maximum absolute atomic E-state index is 12.1. The highest BCUT2D eigenvalue weighted by atomic mass is 127. The van der Waals surface area contributed by atoms with Crippen LogP contribution in [0.25, 0.3) is 0 Å². The van der Waals surface area contributed by atoms with Gasteiger partial charge in [0.2, 0.25) is 10.0 Å². The van der Waals surface area contributed by atoms with E-state index < -0.39 is 10.0 Å². The smallest absolute Gasteiger partial charge is 0.213 e. The lowest BCUT2D eigenvalue weighted by Gasteiger charge is -2.33. The fourth-order valence-corrected chi connectivity index (χ4v) is 5.19. The second-order valence-corrected chi connectivity index (χ2v) is 10.2. The van der Waals surface area contributed by atoms with Crippen molar-refractivity contribution in [3.63, 3.8) is 0 Å². The highest BCUT2D eigenvalue weighted by molar-refractivity contribution is 14.0. The molecule has 1 aliphatic heterocycles. The molecule has 10 heteroatoms. The summed E-state index contributed by atoms with van der Waals surface area (Å²) in [6, 6.07) is 4.62. The van der Waals surface area contributed by atoms with E-state index in [-0.39, 0.29) is 29.7 Å². The van der Waals surface area contributed by atoms with Crippen molar-refractivity contribution in [1.29, 1.82) is 0 Å². The molecular weight excluding hydrogens is 509 g/mol. The van der Waals surface area contributed by atoms with Crippen molar-refractivity contribution in [3.05, 3.63) is 17.5 Å². The lowest BCUT2D eigenvalue weighted by molar-refractivity contribution is 0.316. The number of sulfonamides is 1. The highest BCUT2D eigenvalue weighted by Crippen LogP contribution is 2.25. The molecule has 2 fully saturated rings. The fourth-order valence-electron chi connectivity index (χ4n) is 3.40. The summed E-state index contributed by atoms with van der Waals surface area (Å²) >= 11 is 1.78. The van der Waals surface area contributed by atoms with Crippen LogP contribution in [0.3, 0.4) is 0 Å². The minimum atomic E-state index is -3.22. The van der Waals surface area contributed by atoms with Crippen molar-refractivity contribution in [3.8, 4) is 0 Å². The minimum Gasteiger partial charge on any atom is -0.363 e. The molecule has 0 amide bonds. The standard InChI is InChI=1S/C18H31N5O2S2.HI/c1-19-18(20-9-13-27(24,25)21-14-15-4-2-5-15)22-16-7-10-23(11-8-16)17-6-3-12-26-17;/h3,6,12,15-16,21H,2,4-5,7-11,13-14H2,1H3,(H2,19,20,22);1H. The summed E-state index contributed by atoms with van der Waals surface area (Å²) in [7, 11) is -1.50. The molecule has 3 N–H and O–H groups in total. The zero-order chi connectivity index (χ0) is 19.1. The van der Waals surface area contributed by atoms with E-state index in [0.29, 0.717) is 31.0 Å². The van der Waals surface area contributed by atoms with E-state index in [9.17, 15) is 8.42 Å². The predicted molar refractivity (Wildman–Crippen MR) is 129 cm³/mol. The maximum Gasteiger partial charge on any atom is 0.213 e. The molecule has 2 heterocycles. The SMILES string of the molecule is CN=C(NCCS(=O)(=O)NCC1CCC1)NC1CCN(c2cccs2)CC1.I. The fraction of sp³-hybridized carbons (Fsp3) is 0.722. The zero-order valence-corrected chi connectivity index (χ0v) is 20.4. The number of rotatable bonds is 8. The number of anilines is 1. The lowest BCUT2D eigenvalue weighted by Crippen LogP contribution is -2.49. The van der Waals surface area contributed by atoms with Crippen LogP contribution in [0, 0.1) is 5.92 Å². The third kappa shape index (κ3) is 7.34. The van der Waals surface area contributed by atoms with Crippen molar-refractivity contribution in [2.75, 3.05) is 43.9 Å². The minimum absolute atomic E-state index is 0. The van der Waals surface area contributed by atoms with Gasteiger partial charge in [0.1, 0.15) is 0 Å². The average molecular weight is 542 g/mol. The summed E-state index contributed by atoms with van der Waals surface area (Å²) in [4.78, 5) is 6.65. The Morgan fingerprint density at radius 2 is 2.04 bits per heavy atom. The number of aliphatic imine (C=N–C) groups is 1. The number of hydrogen-bond donors (Lipinski definition) is 3. The molecule has 2 aliphatic rings. The van der Waals surface area contributed by atoms with Crippen LogP contribution >= 0.6 is 35.3 Å². The first-order chi connectivity index (χ1) is 13.1. The molecule has 1 saturated carbocycles. The molecule has 28 heavy (non-hydrogen) atoms. The van der Waals surface area contributed by atoms with Gasteiger partial charge in [-0.15, -0.1) is 35.3 Å². The Morgan fingerprint density at radius 3 is 2.61 bits per heavy atom. The largest absolute Gasteiger partial charge is 0.363 e. The average Bonchev–Trinajstić information content (AvgIpc) is 3.14. The van der Waals surface area contributed by atoms with Gasteiger partial charge in [0.05, 0.1) is 10.8 Å². The normalized spacial score (nSPS) is 19.0. The molecule has 0 bridgehead atoms. The van der Waals surface area contributed by atoms with Crippen molar-refractivity contribution in [1.82, 2.24) is 15.4 Å². The van der Waals surface area contributed by atoms with E-state index in [1.165, 1.54) is 11.4 Å². The van der Waals surface area contributed by atoms with Crippen molar-refractivity contribution < 1.29 is 8.42 Å². The highest BCUT2D eigenvalue weighted by Gasteiger charge is 2.22. The second-order valence-electron chi connectivity index (χ2n) is 7.32. The summed E-state index contributed by atoms with van der Waals surface area (Å²) in [5.41, 5.74) is 0. The predicted octanol–water partition coefficient (Wildman–Crippen LogP) is 2.22. The van der Waals surface area contributed by atoms with Crippen molar-refractivity contribution in [2.45, 2.75) is 38.1 Å². The van der Waals surface area contributed by atoms with Crippen LogP contribution in [-0.4, -0.2) is 59.4 Å². The van der Waals surface area contributed by atoms with Gasteiger partial charge >= 0.3 is 0 Å². The summed E-state index contributed by atoms with van der Waals surface area (Å²) in [5.74, 6) is 1.28. The Kier molecular flexibility index (Phi) is 9.78. The van der Waals surface area contributed by atoms with Crippen LogP contribution in [-0.2, 0) is 10.0 Å². The molecule has 1 aromatic heterocycles. The summed E-state index contributed by atoms with van der Waals surface area (Å²) in [5, 5.41) is 10.0. The van der Waals surface area contributed by atoms with Crippen LogP contribution in [0.5, 0.6) is 0 Å². The van der Waals surface area contributed by atoms with Gasteiger partial charge in [0.25, 0.3) is 0 Å². The topological polar surface area (TPSA) is 85.8 Å². The van der Waals surface area contributed by atoms with Crippen molar-refractivity contribution in [2.24, 2.45) is 10.9 Å². The van der Waals surface area contributed by atoms with E-state index in [1.54, 1.807) is 18.4 Å². The molecule has 0 aromatic carbocycles. The Hall–Kier alpha value is -0.590. The van der Waals surface area contributed by atoms with Crippen molar-refractivity contribution >= 4 is 56.3 Å². The van der Waals surface area contributed by atoms with E-state index >= 15 is 0 Å². The van der Waals surface area contributed by atoms with Gasteiger partial charge in [0, 0.05) is 39.3 Å². The molecule has 1 aliphatic carbocycles. The van der Waals surface area contributed by atoms with Crippen LogP contribution in [0.4, 0.5) is 5.00 Å². The number of thiophene rings is 1. The molecule has 3 rings (SSSR count). The number of nitrogens with one attached hydrogen (secondary N) is 3. The van der Waals surface area contributed by atoms with Gasteiger partial charge in [-0.2, -0.15) is 0 Å². The molecule has 1 aromatic rings. The van der Waals surface area contributed by atoms with E-state index in [1.807, 2.05) is 0 Å². The summed E-state index contributed by atoms with van der Waals surface area (Å²) < 4.78 is 26.9. The number of guanidine groups is 1. The van der Waals surface area contributed by atoms with E-state index in [0.717, 1.165) is 38.8 Å². The molecule has 0 atom stereocenters. The van der Waals surface area contributed by atoms with Gasteiger partial charge in [-0.05, 0) is 49.1 Å². The first kappa shape index (κ1) is 23.7. The summed E-state index contributed by atoms with van der Waals surface area (Å²) in [6.07, 6.45) is 5.59. The zero-order valence-electron chi connectivity index (χ0n) is 16.4. The van der Waals surface area contributed by atoms with E-state index in [4.69, 9.17) is 0 Å². The maximum atomic E-state index is 12.1. The van der Waals surface area contributed by atoms with Crippen LogP contribution in [0.15, 0.2) is 22.5 Å². The van der Waals surface area contributed by atoms with Gasteiger partial charge in [0.15, 0.2) is 5.96 Å². The summed E-state index contributed by atoms with van der Waals surface area (Å²) in [6.45, 7) is 2.98. The molecule has 160 valence electrons. The molecule has 0 spiro atoms. The van der Waals surface area contributed by atoms with E-state index in [2.05, 4.69) is 42.8 Å². The van der Waals surface area contributed by atoms with Crippen LogP contribution < -0.4 is 20.3 Å². The van der Waals surface area contributed by atoms with Gasteiger partial charge < -0.3 is 15.5 Å². The first-order valence-electron chi connectivity index (χ1n) is 9.79.